The summed E-state index contributed by atoms with van der Waals surface area (Å²) in [7, 11) is 0. The van der Waals surface area contributed by atoms with Crippen molar-refractivity contribution >= 4 is 35.6 Å². The van der Waals surface area contributed by atoms with Gasteiger partial charge in [-0.25, -0.2) is 0 Å². The first-order chi connectivity index (χ1) is 27.8. The highest BCUT2D eigenvalue weighted by atomic mass is 16.5. The molecule has 1 atom stereocenters. The lowest BCUT2D eigenvalue weighted by molar-refractivity contribution is -0.137. The molecule has 5 heterocycles. The maximum Gasteiger partial charge on any atom is 0.255 e. The quantitative estimate of drug-likeness (QED) is 0.120. The second kappa shape index (κ2) is 19.2. The highest BCUT2D eigenvalue weighted by Gasteiger charge is 2.40. The van der Waals surface area contributed by atoms with Crippen LogP contribution in [-0.4, -0.2) is 101 Å². The molecule has 0 bridgehead atoms. The van der Waals surface area contributed by atoms with E-state index in [2.05, 4.69) is 32.7 Å². The summed E-state index contributed by atoms with van der Waals surface area (Å²) in [6, 6.07) is 16.9. The van der Waals surface area contributed by atoms with Crippen molar-refractivity contribution in [3.63, 3.8) is 0 Å². The Bertz CT molecular complexity index is 1920. The summed E-state index contributed by atoms with van der Waals surface area (Å²) in [5, 5.41) is 5.31. The number of piperidine rings is 3. The normalized spacial score (nSPS) is 19.5. The molecule has 12 heteroatoms. The number of carbonyl (C=O) groups excluding carboxylic acids is 5. The number of pyridine rings is 1. The number of fused-ring (bicyclic) bond motifs is 1. The third-order valence-electron chi connectivity index (χ3n) is 12.0. The highest BCUT2D eigenvalue weighted by molar-refractivity contribution is 6.05. The Morgan fingerprint density at radius 2 is 1.70 bits per heavy atom. The Morgan fingerprint density at radius 3 is 2.46 bits per heavy atom. The molecule has 300 valence electrons. The van der Waals surface area contributed by atoms with E-state index in [1.54, 1.807) is 35.5 Å². The van der Waals surface area contributed by atoms with Gasteiger partial charge in [0, 0.05) is 67.8 Å². The first kappa shape index (κ1) is 39.9. The average Bonchev–Trinajstić information content (AvgIpc) is 3.58. The van der Waals surface area contributed by atoms with Gasteiger partial charge in [-0.2, -0.15) is 0 Å². The fourth-order valence-corrected chi connectivity index (χ4v) is 8.63. The van der Waals surface area contributed by atoms with Crippen molar-refractivity contribution in [3.8, 4) is 5.75 Å². The minimum absolute atomic E-state index is 0.0860. The number of rotatable bonds is 15. The van der Waals surface area contributed by atoms with Crippen molar-refractivity contribution in [2.24, 2.45) is 5.92 Å². The summed E-state index contributed by atoms with van der Waals surface area (Å²) in [5.41, 5.74) is 4.33. The van der Waals surface area contributed by atoms with E-state index in [4.69, 9.17) is 4.74 Å². The van der Waals surface area contributed by atoms with Crippen molar-refractivity contribution in [3.05, 3.63) is 101 Å². The van der Waals surface area contributed by atoms with Crippen LogP contribution in [0.3, 0.4) is 0 Å². The Balaban J connectivity index is 0.763. The van der Waals surface area contributed by atoms with Gasteiger partial charge in [0.1, 0.15) is 11.8 Å². The molecule has 0 aliphatic carbocycles. The molecule has 0 saturated carbocycles. The maximum atomic E-state index is 13.3. The monoisotopic (exact) mass is 774 g/mol. The van der Waals surface area contributed by atoms with Gasteiger partial charge in [-0.3, -0.25) is 34.3 Å². The number of unbranched alkanes of at least 4 members (excludes halogenated alkanes) is 1. The van der Waals surface area contributed by atoms with Gasteiger partial charge >= 0.3 is 0 Å². The van der Waals surface area contributed by atoms with E-state index in [9.17, 15) is 24.0 Å². The van der Waals surface area contributed by atoms with Gasteiger partial charge in [0.05, 0.1) is 13.2 Å². The first-order valence-electron chi connectivity index (χ1n) is 20.7. The van der Waals surface area contributed by atoms with Crippen LogP contribution in [0, 0.1) is 5.92 Å². The predicted octanol–water partition coefficient (Wildman–Crippen LogP) is 5.34. The van der Waals surface area contributed by atoms with E-state index in [1.807, 2.05) is 41.3 Å². The summed E-state index contributed by atoms with van der Waals surface area (Å²) in [6.07, 6.45) is 15.5. The third-order valence-corrected chi connectivity index (χ3v) is 12.0. The fraction of sp³-hybridized carbons (Fsp3) is 0.467. The van der Waals surface area contributed by atoms with Gasteiger partial charge in [-0.15, -0.1) is 0 Å². The molecule has 4 aliphatic rings. The number of amides is 5. The number of hydrogen-bond acceptors (Lipinski definition) is 8. The molecule has 1 aromatic heterocycles. The van der Waals surface area contributed by atoms with Gasteiger partial charge in [0.25, 0.3) is 11.8 Å². The van der Waals surface area contributed by atoms with E-state index in [1.165, 1.54) is 5.56 Å². The SMILES string of the molecule is O=C(/C=C/c1cccnc1)NCCCCC1CCN(C(=O)c2ccc(C3CCN(CCCOc4cccc5c4CN(C4CCC(=O)NC4=O)C5=O)CC3)cc2)CC1. The zero-order chi connectivity index (χ0) is 39.6. The van der Waals surface area contributed by atoms with Crippen LogP contribution >= 0.6 is 0 Å². The zero-order valence-electron chi connectivity index (χ0n) is 32.7. The Kier molecular flexibility index (Phi) is 13.4. The minimum atomic E-state index is -0.642. The van der Waals surface area contributed by atoms with Gasteiger partial charge < -0.3 is 24.8 Å². The number of nitrogens with zero attached hydrogens (tertiary/aromatic N) is 4. The molecule has 0 spiro atoms. The molecule has 3 fully saturated rings. The van der Waals surface area contributed by atoms with Crippen LogP contribution < -0.4 is 15.4 Å². The molecule has 2 N–H and O–H groups in total. The number of benzene rings is 2. The number of hydrogen-bond donors (Lipinski definition) is 2. The first-order valence-corrected chi connectivity index (χ1v) is 20.7. The van der Waals surface area contributed by atoms with Gasteiger partial charge in [-0.1, -0.05) is 37.1 Å². The number of ether oxygens (including phenoxy) is 1. The fourth-order valence-electron chi connectivity index (χ4n) is 8.63. The topological polar surface area (TPSA) is 141 Å². The zero-order valence-corrected chi connectivity index (χ0v) is 32.7. The molecule has 3 saturated heterocycles. The van der Waals surface area contributed by atoms with Crippen LogP contribution in [0.1, 0.15) is 108 Å². The maximum absolute atomic E-state index is 13.3. The molecule has 2 aromatic carbocycles. The summed E-state index contributed by atoms with van der Waals surface area (Å²) in [6.45, 7) is 6.03. The smallest absolute Gasteiger partial charge is 0.255 e. The predicted molar refractivity (Wildman–Crippen MR) is 216 cm³/mol. The van der Waals surface area contributed by atoms with E-state index in [0.717, 1.165) is 101 Å². The third kappa shape index (κ3) is 10.3. The Labute approximate surface area is 335 Å². The lowest BCUT2D eigenvalue weighted by atomic mass is 9.88. The standard InChI is InChI=1S/C45H54N6O6/c52-41(16-10-33-7-4-22-46-30-33)47-23-2-1-6-32-18-27-50(28-19-32)44(55)36-13-11-34(12-14-36)35-20-25-49(26-21-35)24-5-29-57-40-9-3-8-37-38(40)31-51(45(37)56)39-15-17-42(53)48-43(39)54/h3-4,7-14,16,22,30,32,35,39H,1-2,5-6,15,17-21,23-29,31H2,(H,47,52)(H,48,53,54)/b16-10+. The molecule has 3 aromatic rings. The number of likely N-dealkylation sites (tertiary alicyclic amines) is 2. The van der Waals surface area contributed by atoms with Crippen LogP contribution in [-0.2, 0) is 20.9 Å². The van der Waals surface area contributed by atoms with Crippen LogP contribution in [0.15, 0.2) is 73.1 Å². The molecule has 0 radical (unpaired) electrons. The van der Waals surface area contributed by atoms with E-state index in [-0.39, 0.29) is 30.0 Å². The van der Waals surface area contributed by atoms with Gasteiger partial charge in [-0.05, 0) is 117 Å². The lowest BCUT2D eigenvalue weighted by Gasteiger charge is -2.33. The molecule has 57 heavy (non-hydrogen) atoms. The van der Waals surface area contributed by atoms with Crippen molar-refractivity contribution in [2.45, 2.75) is 82.7 Å². The van der Waals surface area contributed by atoms with Gasteiger partial charge in [0.2, 0.25) is 17.7 Å². The molecule has 5 amide bonds. The number of imide groups is 1. The van der Waals surface area contributed by atoms with E-state index >= 15 is 0 Å². The summed E-state index contributed by atoms with van der Waals surface area (Å²) < 4.78 is 6.18. The largest absolute Gasteiger partial charge is 0.493 e. The highest BCUT2D eigenvalue weighted by Crippen LogP contribution is 2.34. The summed E-state index contributed by atoms with van der Waals surface area (Å²) in [4.78, 5) is 72.7. The Hall–Kier alpha value is -5.36. The number of carbonyl (C=O) groups is 5. The molecule has 7 rings (SSSR count). The van der Waals surface area contributed by atoms with Crippen LogP contribution in [0.4, 0.5) is 0 Å². The van der Waals surface area contributed by atoms with Crippen molar-refractivity contribution in [1.29, 1.82) is 0 Å². The molecule has 1 unspecified atom stereocenters. The molecule has 4 aliphatic heterocycles. The Morgan fingerprint density at radius 1 is 0.895 bits per heavy atom. The number of aromatic nitrogens is 1. The average molecular weight is 775 g/mol. The minimum Gasteiger partial charge on any atom is -0.493 e. The lowest BCUT2D eigenvalue weighted by Crippen LogP contribution is -2.52. The molecule has 12 nitrogen and oxygen atoms in total. The van der Waals surface area contributed by atoms with Crippen molar-refractivity contribution in [1.82, 2.24) is 30.3 Å². The van der Waals surface area contributed by atoms with Crippen molar-refractivity contribution < 1.29 is 28.7 Å². The van der Waals surface area contributed by atoms with Gasteiger partial charge in [0.15, 0.2) is 0 Å². The van der Waals surface area contributed by atoms with Crippen LogP contribution in [0.25, 0.3) is 6.08 Å². The van der Waals surface area contributed by atoms with E-state index in [0.29, 0.717) is 49.3 Å². The summed E-state index contributed by atoms with van der Waals surface area (Å²) in [5.74, 6) is 0.909. The second-order valence-electron chi connectivity index (χ2n) is 15.8. The summed E-state index contributed by atoms with van der Waals surface area (Å²) >= 11 is 0. The van der Waals surface area contributed by atoms with E-state index < -0.39 is 11.9 Å². The molecular weight excluding hydrogens is 721 g/mol. The second-order valence-corrected chi connectivity index (χ2v) is 15.8. The van der Waals surface area contributed by atoms with Crippen LogP contribution in [0.5, 0.6) is 5.75 Å². The van der Waals surface area contributed by atoms with Crippen molar-refractivity contribution in [2.75, 3.05) is 45.9 Å². The number of nitrogens with one attached hydrogen (secondary N) is 2. The molecular formula is C45H54N6O6. The van der Waals surface area contributed by atoms with Crippen LogP contribution in [0.2, 0.25) is 0 Å².